The van der Waals surface area contributed by atoms with Gasteiger partial charge in [-0.25, -0.2) is 12.8 Å². The van der Waals surface area contributed by atoms with Gasteiger partial charge in [0.05, 0.1) is 18.9 Å². The second-order valence-electron chi connectivity index (χ2n) is 11.9. The number of ether oxygens (including phenoxy) is 2. The summed E-state index contributed by atoms with van der Waals surface area (Å²) in [7, 11) is -1.41. The predicted octanol–water partition coefficient (Wildman–Crippen LogP) is 6.49. The van der Waals surface area contributed by atoms with Gasteiger partial charge in [-0.2, -0.15) is 0 Å². The first-order chi connectivity index (χ1) is 20.8. The van der Waals surface area contributed by atoms with Crippen LogP contribution in [-0.2, 0) is 41.5 Å². The molecule has 3 aromatic carbocycles. The van der Waals surface area contributed by atoms with Gasteiger partial charge in [0.2, 0.25) is 0 Å². The molecule has 4 aromatic rings. The van der Waals surface area contributed by atoms with Gasteiger partial charge in [-0.3, -0.25) is 4.90 Å². The van der Waals surface area contributed by atoms with Crippen molar-refractivity contribution in [2.24, 2.45) is 0 Å². The predicted molar refractivity (Wildman–Crippen MR) is 166 cm³/mol. The maximum atomic E-state index is 14.0. The van der Waals surface area contributed by atoms with Gasteiger partial charge >= 0.3 is 0 Å². The van der Waals surface area contributed by atoms with Crippen molar-refractivity contribution in [3.8, 4) is 11.5 Å². The van der Waals surface area contributed by atoms with E-state index in [4.69, 9.17) is 9.47 Å². The lowest BCUT2D eigenvalue weighted by Gasteiger charge is -2.46. The molecule has 43 heavy (non-hydrogen) atoms. The van der Waals surface area contributed by atoms with Gasteiger partial charge in [0.25, 0.3) is 0 Å². The highest BCUT2D eigenvalue weighted by atomic mass is 32.2. The van der Waals surface area contributed by atoms with Crippen LogP contribution in [-0.4, -0.2) is 38.2 Å². The monoisotopic (exact) mass is 598 g/mol. The van der Waals surface area contributed by atoms with E-state index in [9.17, 15) is 12.8 Å². The van der Waals surface area contributed by atoms with Gasteiger partial charge in [-0.05, 0) is 88.9 Å². The quantitative estimate of drug-likeness (QED) is 0.263. The Morgan fingerprint density at radius 1 is 1.00 bits per heavy atom. The zero-order chi connectivity index (χ0) is 29.7. The second kappa shape index (κ2) is 11.0. The Bertz CT molecular complexity index is 1810. The van der Waals surface area contributed by atoms with Crippen molar-refractivity contribution in [2.75, 3.05) is 19.9 Å². The molecule has 0 spiro atoms. The number of halogens is 1. The molecule has 1 N–H and O–H groups in total. The fraction of sp³-hybridized carbons (Fsp3) is 0.314. The lowest BCUT2D eigenvalue weighted by molar-refractivity contribution is 0.126. The molecule has 0 saturated carbocycles. The van der Waals surface area contributed by atoms with Crippen LogP contribution in [0.25, 0.3) is 6.08 Å². The number of fused-ring (bicyclic) bond motifs is 6. The first kappa shape index (κ1) is 27.9. The molecule has 7 rings (SSSR count). The van der Waals surface area contributed by atoms with Crippen molar-refractivity contribution in [2.45, 2.75) is 50.1 Å². The number of rotatable bonds is 7. The van der Waals surface area contributed by atoms with Crippen molar-refractivity contribution >= 4 is 15.9 Å². The molecule has 0 fully saturated rings. The minimum absolute atomic E-state index is 0.00842. The Morgan fingerprint density at radius 2 is 1.77 bits per heavy atom. The first-order valence-corrected chi connectivity index (χ1v) is 16.8. The summed E-state index contributed by atoms with van der Waals surface area (Å²) in [5.74, 6) is 1.19. The SMILES string of the molecule is COc1cc2c(cc1OCc1ccc(CS(C)(=O)=O)cc1)CCN1C2Cc2c([nH]c3c2C=CCC3)C1c1ccc(F)cc1. The fourth-order valence-corrected chi connectivity index (χ4v) is 7.81. The Balaban J connectivity index is 1.21. The van der Waals surface area contributed by atoms with Crippen LogP contribution in [0.2, 0.25) is 0 Å². The number of H-pyrrole nitrogens is 1. The van der Waals surface area contributed by atoms with Crippen LogP contribution in [0.3, 0.4) is 0 Å². The van der Waals surface area contributed by atoms with Crippen molar-refractivity contribution in [1.82, 2.24) is 9.88 Å². The van der Waals surface area contributed by atoms with Crippen molar-refractivity contribution < 1.29 is 22.3 Å². The number of aromatic nitrogens is 1. The van der Waals surface area contributed by atoms with Gasteiger partial charge < -0.3 is 14.5 Å². The maximum Gasteiger partial charge on any atom is 0.161 e. The van der Waals surface area contributed by atoms with Crippen LogP contribution in [0, 0.1) is 5.82 Å². The molecule has 0 bridgehead atoms. The molecular weight excluding hydrogens is 563 g/mol. The van der Waals surface area contributed by atoms with Gasteiger partial charge in [-0.1, -0.05) is 48.6 Å². The molecule has 2 aliphatic heterocycles. The number of nitrogens with one attached hydrogen (secondary N) is 1. The van der Waals surface area contributed by atoms with E-state index < -0.39 is 9.84 Å². The van der Waals surface area contributed by atoms with Crippen LogP contribution in [0.5, 0.6) is 11.5 Å². The first-order valence-electron chi connectivity index (χ1n) is 14.8. The van der Waals surface area contributed by atoms with E-state index >= 15 is 0 Å². The minimum atomic E-state index is -3.08. The van der Waals surface area contributed by atoms with Crippen LogP contribution in [0.1, 0.15) is 68.8 Å². The highest BCUT2D eigenvalue weighted by Gasteiger charge is 2.42. The Labute approximate surface area is 252 Å². The van der Waals surface area contributed by atoms with Crippen LogP contribution in [0.4, 0.5) is 4.39 Å². The number of benzene rings is 3. The van der Waals surface area contributed by atoms with Gasteiger partial charge in [0.15, 0.2) is 21.3 Å². The van der Waals surface area contributed by atoms with E-state index in [0.29, 0.717) is 18.1 Å². The molecule has 8 heteroatoms. The maximum absolute atomic E-state index is 14.0. The lowest BCUT2D eigenvalue weighted by atomic mass is 9.80. The van der Waals surface area contributed by atoms with E-state index in [1.54, 1.807) is 19.2 Å². The van der Waals surface area contributed by atoms with Crippen LogP contribution in [0.15, 0.2) is 66.7 Å². The second-order valence-corrected chi connectivity index (χ2v) is 14.0. The molecule has 6 nitrogen and oxygen atoms in total. The molecule has 0 amide bonds. The van der Waals surface area contributed by atoms with Crippen molar-refractivity contribution in [1.29, 1.82) is 0 Å². The van der Waals surface area contributed by atoms with E-state index in [1.807, 2.05) is 36.4 Å². The number of nitrogens with zero attached hydrogens (tertiary/aromatic N) is 1. The smallest absolute Gasteiger partial charge is 0.161 e. The third kappa shape index (κ3) is 5.38. The summed E-state index contributed by atoms with van der Waals surface area (Å²) in [5.41, 5.74) is 10.5. The average molecular weight is 599 g/mol. The Morgan fingerprint density at radius 3 is 2.51 bits per heavy atom. The third-order valence-corrected chi connectivity index (χ3v) is 9.82. The zero-order valence-corrected chi connectivity index (χ0v) is 25.2. The fourth-order valence-electron chi connectivity index (χ4n) is 7.01. The molecule has 0 saturated heterocycles. The number of methoxy groups -OCH3 is 1. The molecule has 222 valence electrons. The molecule has 3 aliphatic rings. The molecule has 1 aromatic heterocycles. The summed E-state index contributed by atoms with van der Waals surface area (Å²) in [6, 6.07) is 18.9. The summed E-state index contributed by atoms with van der Waals surface area (Å²) in [6.45, 7) is 1.22. The zero-order valence-electron chi connectivity index (χ0n) is 24.4. The molecule has 2 atom stereocenters. The van der Waals surface area contributed by atoms with E-state index in [2.05, 4.69) is 34.2 Å². The Kier molecular flexibility index (Phi) is 7.14. The number of sulfone groups is 1. The number of aryl methyl sites for hydroxylation is 1. The Hall–Kier alpha value is -3.88. The normalized spacial score (nSPS) is 19.2. The van der Waals surface area contributed by atoms with Crippen molar-refractivity contribution in [3.63, 3.8) is 0 Å². The summed E-state index contributed by atoms with van der Waals surface area (Å²) < 4.78 is 49.3. The van der Waals surface area contributed by atoms with E-state index in [-0.39, 0.29) is 23.7 Å². The average Bonchev–Trinajstić information content (AvgIpc) is 3.37. The summed E-state index contributed by atoms with van der Waals surface area (Å²) in [5, 5.41) is 0. The number of allylic oxidation sites excluding steroid dienone is 1. The molecule has 1 aliphatic carbocycles. The number of aromatic amines is 1. The van der Waals surface area contributed by atoms with Crippen LogP contribution >= 0.6 is 0 Å². The number of hydrogen-bond donors (Lipinski definition) is 1. The van der Waals surface area contributed by atoms with E-state index in [0.717, 1.165) is 48.9 Å². The summed E-state index contributed by atoms with van der Waals surface area (Å²) in [6.07, 6.45) is 9.56. The van der Waals surface area contributed by atoms with Crippen LogP contribution < -0.4 is 9.47 Å². The molecule has 0 radical (unpaired) electrons. The van der Waals surface area contributed by atoms with E-state index in [1.165, 1.54) is 39.9 Å². The highest BCUT2D eigenvalue weighted by molar-refractivity contribution is 7.89. The minimum Gasteiger partial charge on any atom is -0.493 e. The standard InChI is InChI=1S/C35H35FN2O4S/c1-41-32-19-28-25(17-33(32)42-20-22-7-9-23(10-8-22)21-43(2,39)40)15-16-38-31(28)18-29-27-5-3-4-6-30(27)37-34(29)35(38)24-11-13-26(36)14-12-24/h3,5,7-14,17,19,31,35,37H,4,6,15-16,18,20-21H2,1-2H3. The van der Waals surface area contributed by atoms with Crippen molar-refractivity contribution in [3.05, 3.63) is 123 Å². The van der Waals surface area contributed by atoms with Gasteiger partial charge in [0.1, 0.15) is 12.4 Å². The largest absolute Gasteiger partial charge is 0.493 e. The number of hydrogen-bond acceptors (Lipinski definition) is 5. The highest BCUT2D eigenvalue weighted by Crippen LogP contribution is 2.50. The summed E-state index contributed by atoms with van der Waals surface area (Å²) >= 11 is 0. The third-order valence-electron chi connectivity index (χ3n) is 8.97. The lowest BCUT2D eigenvalue weighted by Crippen LogP contribution is -2.43. The molecular formula is C35H35FN2O4S. The van der Waals surface area contributed by atoms with Gasteiger partial charge in [0, 0.05) is 30.2 Å². The van der Waals surface area contributed by atoms with Gasteiger partial charge in [-0.15, -0.1) is 0 Å². The molecule has 2 unspecified atom stereocenters. The summed E-state index contributed by atoms with van der Waals surface area (Å²) in [4.78, 5) is 6.35. The topological polar surface area (TPSA) is 71.6 Å². The molecule has 3 heterocycles.